The fraction of sp³-hybridized carbons (Fsp3) is 0.909. The van der Waals surface area contributed by atoms with E-state index in [-0.39, 0.29) is 17.7 Å². The molecule has 2 rings (SSSR count). The molecule has 0 saturated heterocycles. The lowest BCUT2D eigenvalue weighted by Crippen LogP contribution is -2.42. The Labute approximate surface area is 121 Å². The third-order valence-corrected chi connectivity index (χ3v) is 5.17. The van der Waals surface area contributed by atoms with Gasteiger partial charge in [-0.2, -0.15) is 11.8 Å². The number of nitrogens with zero attached hydrogens (tertiary/aromatic N) is 4. The molecule has 2 atom stereocenters. The van der Waals surface area contributed by atoms with Gasteiger partial charge >= 0.3 is 5.97 Å². The molecule has 8 heteroatoms. The molecule has 0 aromatic rings. The number of hydrogen-bond donors (Lipinski definition) is 1. The minimum Gasteiger partial charge on any atom is -0.481 e. The van der Waals surface area contributed by atoms with Crippen molar-refractivity contribution in [2.24, 2.45) is 26.6 Å². The van der Waals surface area contributed by atoms with Gasteiger partial charge in [-0.25, -0.2) is 0 Å². The van der Waals surface area contributed by atoms with Crippen molar-refractivity contribution in [2.75, 3.05) is 11.5 Å². The van der Waals surface area contributed by atoms with E-state index in [2.05, 4.69) is 20.7 Å². The standard InChI is InChI=1S/C11H17ClN4O2S/c12-9-4-2-1-3-8(9)11(13-15-16-14-11)7-19-6-5-10(17)18/h8-9H,1-7H2,(H,17,18). The van der Waals surface area contributed by atoms with Crippen LogP contribution in [0, 0.1) is 5.92 Å². The smallest absolute Gasteiger partial charge is 0.304 e. The summed E-state index contributed by atoms with van der Waals surface area (Å²) in [6.45, 7) is 0. The molecule has 2 unspecified atom stereocenters. The summed E-state index contributed by atoms with van der Waals surface area (Å²) in [7, 11) is 0. The van der Waals surface area contributed by atoms with E-state index in [1.807, 2.05) is 0 Å². The number of carboxylic acids is 1. The Bertz CT molecular complexity index is 379. The highest BCUT2D eigenvalue weighted by atomic mass is 35.5. The lowest BCUT2D eigenvalue weighted by Gasteiger charge is -2.35. The van der Waals surface area contributed by atoms with Gasteiger partial charge in [-0.05, 0) is 23.3 Å². The molecule has 1 aliphatic heterocycles. The van der Waals surface area contributed by atoms with Crippen molar-refractivity contribution in [3.8, 4) is 0 Å². The highest BCUT2D eigenvalue weighted by Gasteiger charge is 2.46. The van der Waals surface area contributed by atoms with Crippen LogP contribution in [-0.4, -0.2) is 33.6 Å². The summed E-state index contributed by atoms with van der Waals surface area (Å²) in [4.78, 5) is 10.5. The highest BCUT2D eigenvalue weighted by Crippen LogP contribution is 2.43. The maximum Gasteiger partial charge on any atom is 0.304 e. The lowest BCUT2D eigenvalue weighted by atomic mass is 9.81. The number of carboxylic acid groups (broad SMARTS) is 1. The van der Waals surface area contributed by atoms with E-state index in [0.717, 1.165) is 25.7 Å². The maximum absolute atomic E-state index is 10.5. The molecule has 1 aliphatic carbocycles. The first-order valence-electron chi connectivity index (χ1n) is 6.42. The summed E-state index contributed by atoms with van der Waals surface area (Å²) in [6.07, 6.45) is 4.36. The molecule has 6 nitrogen and oxygen atoms in total. The van der Waals surface area contributed by atoms with E-state index in [0.29, 0.717) is 11.5 Å². The number of carbonyl (C=O) groups is 1. The Balaban J connectivity index is 1.95. The van der Waals surface area contributed by atoms with E-state index in [4.69, 9.17) is 16.7 Å². The summed E-state index contributed by atoms with van der Waals surface area (Å²) in [5, 5.41) is 24.4. The van der Waals surface area contributed by atoms with Gasteiger partial charge in [-0.15, -0.1) is 21.8 Å². The van der Waals surface area contributed by atoms with Crippen LogP contribution in [0.4, 0.5) is 0 Å². The topological polar surface area (TPSA) is 86.7 Å². The van der Waals surface area contributed by atoms with E-state index in [1.165, 1.54) is 11.8 Å². The molecule has 0 aromatic carbocycles. The molecule has 19 heavy (non-hydrogen) atoms. The second-order valence-electron chi connectivity index (χ2n) is 4.86. The number of aliphatic carboxylic acids is 1. The molecule has 106 valence electrons. The first kappa shape index (κ1) is 14.7. The molecular formula is C11H17ClN4O2S. The molecule has 0 radical (unpaired) electrons. The summed E-state index contributed by atoms with van der Waals surface area (Å²) in [5.41, 5.74) is -0.671. The number of thioether (sulfide) groups is 1. The van der Waals surface area contributed by atoms with Gasteiger partial charge in [0.15, 0.2) is 0 Å². The fourth-order valence-corrected chi connectivity index (χ4v) is 4.09. The van der Waals surface area contributed by atoms with Crippen LogP contribution in [0.15, 0.2) is 20.7 Å². The maximum atomic E-state index is 10.5. The zero-order valence-corrected chi connectivity index (χ0v) is 12.1. The van der Waals surface area contributed by atoms with Crippen LogP contribution >= 0.6 is 23.4 Å². The van der Waals surface area contributed by atoms with Gasteiger partial charge in [0, 0.05) is 22.8 Å². The van der Waals surface area contributed by atoms with Crippen molar-refractivity contribution >= 4 is 29.3 Å². The summed E-state index contributed by atoms with van der Waals surface area (Å²) >= 11 is 7.94. The molecular weight excluding hydrogens is 288 g/mol. The van der Waals surface area contributed by atoms with Crippen LogP contribution in [0.2, 0.25) is 0 Å². The second-order valence-corrected chi connectivity index (χ2v) is 6.53. The Morgan fingerprint density at radius 1 is 1.32 bits per heavy atom. The third-order valence-electron chi connectivity index (χ3n) is 3.53. The quantitative estimate of drug-likeness (QED) is 0.601. The first-order chi connectivity index (χ1) is 9.14. The highest BCUT2D eigenvalue weighted by molar-refractivity contribution is 7.99. The van der Waals surface area contributed by atoms with Crippen molar-refractivity contribution in [1.29, 1.82) is 0 Å². The van der Waals surface area contributed by atoms with Gasteiger partial charge in [-0.3, -0.25) is 4.79 Å². The normalized spacial score (nSPS) is 28.7. The summed E-state index contributed by atoms with van der Waals surface area (Å²) < 4.78 is 0. The summed E-state index contributed by atoms with van der Waals surface area (Å²) in [6, 6.07) is 0. The van der Waals surface area contributed by atoms with Crippen molar-refractivity contribution in [2.45, 2.75) is 43.1 Å². The molecule has 0 aromatic heterocycles. The largest absolute Gasteiger partial charge is 0.481 e. The van der Waals surface area contributed by atoms with E-state index < -0.39 is 11.6 Å². The average Bonchev–Trinajstić information content (AvgIpc) is 2.85. The predicted molar refractivity (Wildman–Crippen MR) is 73.6 cm³/mol. The minimum absolute atomic E-state index is 0.0461. The van der Waals surface area contributed by atoms with Crippen LogP contribution < -0.4 is 0 Å². The SMILES string of the molecule is O=C(O)CCSCC1(C2CCCCC2Cl)N=NN=N1. The second kappa shape index (κ2) is 6.65. The van der Waals surface area contributed by atoms with Crippen molar-refractivity contribution in [3.63, 3.8) is 0 Å². The molecule has 0 amide bonds. The van der Waals surface area contributed by atoms with Gasteiger partial charge in [0.2, 0.25) is 5.66 Å². The Hall–Kier alpha value is -0.690. The molecule has 1 N–H and O–H groups in total. The number of alkyl halides is 1. The molecule has 0 spiro atoms. The molecule has 1 saturated carbocycles. The van der Waals surface area contributed by atoms with Gasteiger partial charge < -0.3 is 5.11 Å². The van der Waals surface area contributed by atoms with Gasteiger partial charge in [0.1, 0.15) is 0 Å². The average molecular weight is 305 g/mol. The Morgan fingerprint density at radius 2 is 2.00 bits per heavy atom. The molecule has 1 fully saturated rings. The fourth-order valence-electron chi connectivity index (χ4n) is 2.52. The predicted octanol–water partition coefficient (Wildman–Crippen LogP) is 3.52. The van der Waals surface area contributed by atoms with Crippen LogP contribution in [-0.2, 0) is 4.79 Å². The number of halogens is 1. The van der Waals surface area contributed by atoms with E-state index >= 15 is 0 Å². The monoisotopic (exact) mass is 304 g/mol. The van der Waals surface area contributed by atoms with E-state index in [9.17, 15) is 4.79 Å². The number of rotatable bonds is 6. The molecule has 0 bridgehead atoms. The van der Waals surface area contributed by atoms with Gasteiger partial charge in [0.25, 0.3) is 0 Å². The Morgan fingerprint density at radius 3 is 2.63 bits per heavy atom. The molecule has 2 aliphatic rings. The van der Waals surface area contributed by atoms with Crippen LogP contribution in [0.3, 0.4) is 0 Å². The van der Waals surface area contributed by atoms with Crippen molar-refractivity contribution < 1.29 is 9.90 Å². The number of hydrogen-bond acceptors (Lipinski definition) is 6. The van der Waals surface area contributed by atoms with Crippen LogP contribution in [0.1, 0.15) is 32.1 Å². The lowest BCUT2D eigenvalue weighted by molar-refractivity contribution is -0.136. The van der Waals surface area contributed by atoms with Crippen LogP contribution in [0.5, 0.6) is 0 Å². The van der Waals surface area contributed by atoms with Crippen molar-refractivity contribution in [1.82, 2.24) is 0 Å². The van der Waals surface area contributed by atoms with Crippen LogP contribution in [0.25, 0.3) is 0 Å². The third kappa shape index (κ3) is 3.66. The van der Waals surface area contributed by atoms with E-state index in [1.54, 1.807) is 0 Å². The van der Waals surface area contributed by atoms with Crippen molar-refractivity contribution in [3.05, 3.63) is 0 Å². The van der Waals surface area contributed by atoms with Gasteiger partial charge in [0.05, 0.1) is 6.42 Å². The summed E-state index contributed by atoms with van der Waals surface area (Å²) in [5.74, 6) is 0.502. The molecule has 1 heterocycles. The first-order valence-corrected chi connectivity index (χ1v) is 8.01. The van der Waals surface area contributed by atoms with Gasteiger partial charge in [-0.1, -0.05) is 12.8 Å². The zero-order valence-electron chi connectivity index (χ0n) is 10.5. The minimum atomic E-state index is -0.788. The Kier molecular flexibility index (Phi) is 5.15. The zero-order chi connectivity index (χ0) is 13.7.